The SMILES string of the molecule is CC(C)(C)C(=O)OC(C)(C)c1cc(Cc2ccc(Cl)cc2)nc(NC2CCNCC2)n1. The van der Waals surface area contributed by atoms with Gasteiger partial charge in [-0.25, -0.2) is 9.97 Å². The zero-order valence-corrected chi connectivity index (χ0v) is 19.8. The molecule has 1 saturated heterocycles. The van der Waals surface area contributed by atoms with Crippen LogP contribution in [0.5, 0.6) is 0 Å². The molecule has 1 aromatic heterocycles. The molecule has 1 aliphatic heterocycles. The van der Waals surface area contributed by atoms with Gasteiger partial charge in [-0.3, -0.25) is 4.79 Å². The third-order valence-corrected chi connectivity index (χ3v) is 5.58. The highest BCUT2D eigenvalue weighted by atomic mass is 35.5. The smallest absolute Gasteiger partial charge is 0.312 e. The molecule has 1 aliphatic rings. The summed E-state index contributed by atoms with van der Waals surface area (Å²) in [5.41, 5.74) is 1.18. The van der Waals surface area contributed by atoms with E-state index in [-0.39, 0.29) is 5.97 Å². The number of ether oxygens (including phenoxy) is 1. The fraction of sp³-hybridized carbons (Fsp3) is 0.542. The van der Waals surface area contributed by atoms with Crippen molar-refractivity contribution in [1.29, 1.82) is 0 Å². The lowest BCUT2D eigenvalue weighted by atomic mass is 9.96. The highest BCUT2D eigenvalue weighted by Crippen LogP contribution is 2.29. The van der Waals surface area contributed by atoms with E-state index in [2.05, 4.69) is 10.6 Å². The quantitative estimate of drug-likeness (QED) is 0.628. The summed E-state index contributed by atoms with van der Waals surface area (Å²) in [4.78, 5) is 22.1. The minimum absolute atomic E-state index is 0.261. The molecule has 2 heterocycles. The Kier molecular flexibility index (Phi) is 7.22. The Hall–Kier alpha value is -2.18. The van der Waals surface area contributed by atoms with Gasteiger partial charge in [0.15, 0.2) is 0 Å². The zero-order chi connectivity index (χ0) is 22.6. The Morgan fingerprint density at radius 3 is 2.39 bits per heavy atom. The number of carbonyl (C=O) groups is 1. The largest absolute Gasteiger partial charge is 0.453 e. The first-order valence-electron chi connectivity index (χ1n) is 10.9. The number of esters is 1. The number of nitrogens with one attached hydrogen (secondary N) is 2. The summed E-state index contributed by atoms with van der Waals surface area (Å²) in [6.45, 7) is 11.2. The van der Waals surface area contributed by atoms with Crippen molar-refractivity contribution in [3.05, 3.63) is 52.3 Å². The van der Waals surface area contributed by atoms with Gasteiger partial charge in [0.2, 0.25) is 5.95 Å². The lowest BCUT2D eigenvalue weighted by Crippen LogP contribution is -2.36. The van der Waals surface area contributed by atoms with Crippen LogP contribution in [0.25, 0.3) is 0 Å². The van der Waals surface area contributed by atoms with E-state index in [1.807, 2.05) is 65.0 Å². The second-order valence-electron chi connectivity index (χ2n) is 9.69. The van der Waals surface area contributed by atoms with Gasteiger partial charge in [0, 0.05) is 17.5 Å². The number of hydrogen-bond acceptors (Lipinski definition) is 6. The number of aromatic nitrogens is 2. The predicted octanol–water partition coefficient (Wildman–Crippen LogP) is 4.71. The molecule has 3 rings (SSSR count). The van der Waals surface area contributed by atoms with Crippen LogP contribution in [-0.4, -0.2) is 35.1 Å². The van der Waals surface area contributed by atoms with Crippen LogP contribution >= 0.6 is 11.6 Å². The second-order valence-corrected chi connectivity index (χ2v) is 10.1. The van der Waals surface area contributed by atoms with E-state index in [1.54, 1.807) is 0 Å². The van der Waals surface area contributed by atoms with E-state index < -0.39 is 11.0 Å². The Bertz CT molecular complexity index is 901. The minimum atomic E-state index is -0.882. The topological polar surface area (TPSA) is 76.1 Å². The molecule has 168 valence electrons. The maximum atomic E-state index is 12.6. The van der Waals surface area contributed by atoms with Crippen LogP contribution in [-0.2, 0) is 21.6 Å². The van der Waals surface area contributed by atoms with Crippen molar-refractivity contribution in [2.45, 2.75) is 65.5 Å². The summed E-state index contributed by atoms with van der Waals surface area (Å²) >= 11 is 6.03. The molecule has 2 aromatic rings. The highest BCUT2D eigenvalue weighted by molar-refractivity contribution is 6.30. The summed E-state index contributed by atoms with van der Waals surface area (Å²) in [5, 5.41) is 7.56. The fourth-order valence-corrected chi connectivity index (χ4v) is 3.48. The van der Waals surface area contributed by atoms with E-state index in [0.717, 1.165) is 37.2 Å². The van der Waals surface area contributed by atoms with Crippen LogP contribution in [0.4, 0.5) is 5.95 Å². The lowest BCUT2D eigenvalue weighted by molar-refractivity contribution is -0.167. The molecule has 2 N–H and O–H groups in total. The summed E-state index contributed by atoms with van der Waals surface area (Å²) < 4.78 is 5.87. The van der Waals surface area contributed by atoms with Crippen molar-refractivity contribution in [1.82, 2.24) is 15.3 Å². The molecule has 0 atom stereocenters. The molecule has 0 unspecified atom stereocenters. The molecule has 0 bridgehead atoms. The van der Waals surface area contributed by atoms with Crippen LogP contribution in [0.15, 0.2) is 30.3 Å². The van der Waals surface area contributed by atoms with Gasteiger partial charge in [-0.2, -0.15) is 0 Å². The number of carbonyl (C=O) groups excluding carboxylic acids is 1. The third kappa shape index (κ3) is 6.65. The Morgan fingerprint density at radius 1 is 1.13 bits per heavy atom. The first-order chi connectivity index (χ1) is 14.5. The van der Waals surface area contributed by atoms with Crippen molar-refractivity contribution in [2.24, 2.45) is 5.41 Å². The van der Waals surface area contributed by atoms with Gasteiger partial charge in [-0.1, -0.05) is 23.7 Å². The van der Waals surface area contributed by atoms with Crippen molar-refractivity contribution >= 4 is 23.5 Å². The molecular weight excluding hydrogens is 412 g/mol. The molecule has 1 aromatic carbocycles. The number of benzene rings is 1. The van der Waals surface area contributed by atoms with Crippen molar-refractivity contribution in [2.75, 3.05) is 18.4 Å². The van der Waals surface area contributed by atoms with Crippen LogP contribution in [0.2, 0.25) is 5.02 Å². The molecule has 31 heavy (non-hydrogen) atoms. The summed E-state index contributed by atoms with van der Waals surface area (Å²) in [7, 11) is 0. The van der Waals surface area contributed by atoms with Crippen molar-refractivity contribution < 1.29 is 9.53 Å². The zero-order valence-electron chi connectivity index (χ0n) is 19.1. The molecule has 0 radical (unpaired) electrons. The molecule has 0 amide bonds. The van der Waals surface area contributed by atoms with E-state index in [4.69, 9.17) is 26.3 Å². The minimum Gasteiger partial charge on any atom is -0.453 e. The van der Waals surface area contributed by atoms with Crippen LogP contribution in [0.3, 0.4) is 0 Å². The molecule has 1 fully saturated rings. The van der Waals surface area contributed by atoms with Gasteiger partial charge in [0.1, 0.15) is 5.60 Å². The summed E-state index contributed by atoms with van der Waals surface area (Å²) in [6, 6.07) is 9.99. The average Bonchev–Trinajstić information content (AvgIpc) is 2.69. The van der Waals surface area contributed by atoms with Crippen molar-refractivity contribution in [3.63, 3.8) is 0 Å². The second kappa shape index (κ2) is 9.53. The van der Waals surface area contributed by atoms with Gasteiger partial charge in [-0.05, 0) is 84.3 Å². The van der Waals surface area contributed by atoms with Crippen LogP contribution in [0.1, 0.15) is 64.4 Å². The normalized spacial score (nSPS) is 15.5. The fourth-order valence-electron chi connectivity index (χ4n) is 3.36. The Balaban J connectivity index is 1.91. The Labute approximate surface area is 190 Å². The first kappa shape index (κ1) is 23.5. The first-order valence-corrected chi connectivity index (χ1v) is 11.2. The van der Waals surface area contributed by atoms with Gasteiger partial charge in [-0.15, -0.1) is 0 Å². The number of piperidine rings is 1. The van der Waals surface area contributed by atoms with E-state index in [9.17, 15) is 4.79 Å². The molecule has 0 saturated carbocycles. The highest BCUT2D eigenvalue weighted by Gasteiger charge is 2.33. The van der Waals surface area contributed by atoms with Gasteiger partial charge < -0.3 is 15.4 Å². The number of halogens is 1. The van der Waals surface area contributed by atoms with E-state index in [0.29, 0.717) is 29.1 Å². The number of hydrogen-bond donors (Lipinski definition) is 2. The monoisotopic (exact) mass is 444 g/mol. The third-order valence-electron chi connectivity index (χ3n) is 5.33. The van der Waals surface area contributed by atoms with E-state index in [1.165, 1.54) is 0 Å². The summed E-state index contributed by atoms with van der Waals surface area (Å²) in [5.74, 6) is 0.316. The number of anilines is 1. The molecule has 0 aliphatic carbocycles. The van der Waals surface area contributed by atoms with Gasteiger partial charge in [0.25, 0.3) is 0 Å². The Morgan fingerprint density at radius 2 is 1.77 bits per heavy atom. The molecule has 6 nitrogen and oxygen atoms in total. The average molecular weight is 445 g/mol. The van der Waals surface area contributed by atoms with Crippen LogP contribution in [0, 0.1) is 5.41 Å². The summed E-state index contributed by atoms with van der Waals surface area (Å²) in [6.07, 6.45) is 2.67. The number of rotatable bonds is 6. The van der Waals surface area contributed by atoms with Crippen LogP contribution < -0.4 is 10.6 Å². The van der Waals surface area contributed by atoms with Crippen molar-refractivity contribution in [3.8, 4) is 0 Å². The molecule has 0 spiro atoms. The number of nitrogens with zero attached hydrogens (tertiary/aromatic N) is 2. The molecular formula is C24H33ClN4O2. The van der Waals surface area contributed by atoms with E-state index >= 15 is 0 Å². The van der Waals surface area contributed by atoms with Gasteiger partial charge in [0.05, 0.1) is 16.8 Å². The van der Waals surface area contributed by atoms with Gasteiger partial charge >= 0.3 is 5.97 Å². The predicted molar refractivity (Wildman–Crippen MR) is 124 cm³/mol. The maximum absolute atomic E-state index is 12.6. The standard InChI is InChI=1S/C24H33ClN4O2/c1-23(2,3)21(30)31-24(4,5)20-15-19(14-16-6-8-17(25)9-7-16)28-22(29-20)27-18-10-12-26-13-11-18/h6-9,15,18,26H,10-14H2,1-5H3,(H,27,28,29). The molecule has 7 heteroatoms. The maximum Gasteiger partial charge on any atom is 0.312 e. The lowest BCUT2D eigenvalue weighted by Gasteiger charge is -2.30.